The van der Waals surface area contributed by atoms with Crippen LogP contribution in [-0.4, -0.2) is 36.4 Å². The monoisotopic (exact) mass is 289 g/mol. The zero-order chi connectivity index (χ0) is 15.1. The Morgan fingerprint density at radius 3 is 2.71 bits per heavy atom. The average molecular weight is 289 g/mol. The lowest BCUT2D eigenvalue weighted by Crippen LogP contribution is -2.30. The van der Waals surface area contributed by atoms with Gasteiger partial charge < -0.3 is 19.4 Å². The first kappa shape index (κ1) is 15.4. The van der Waals surface area contributed by atoms with Gasteiger partial charge in [0.1, 0.15) is 0 Å². The van der Waals surface area contributed by atoms with E-state index in [1.165, 1.54) is 5.56 Å². The molecule has 0 fully saturated rings. The fraction of sp³-hybridized carbons (Fsp3) is 0.438. The van der Waals surface area contributed by atoms with Crippen LogP contribution in [0.15, 0.2) is 36.9 Å². The summed E-state index contributed by atoms with van der Waals surface area (Å²) in [4.78, 5) is 4.03. The number of methoxy groups -OCH3 is 2. The molecule has 5 heteroatoms. The number of ether oxygens (including phenoxy) is 2. The van der Waals surface area contributed by atoms with E-state index in [0.717, 1.165) is 31.0 Å². The van der Waals surface area contributed by atoms with Crippen LogP contribution < -0.4 is 14.8 Å². The predicted octanol–water partition coefficient (Wildman–Crippen LogP) is 2.12. The summed E-state index contributed by atoms with van der Waals surface area (Å²) in [5.74, 6) is 1.54. The third kappa shape index (κ3) is 4.49. The molecule has 1 unspecified atom stereocenters. The number of hydrogen-bond donors (Lipinski definition) is 1. The molecule has 0 amide bonds. The highest BCUT2D eigenvalue weighted by atomic mass is 16.5. The highest BCUT2D eigenvalue weighted by molar-refractivity contribution is 5.43. The Balaban J connectivity index is 1.83. The lowest BCUT2D eigenvalue weighted by Gasteiger charge is -2.15. The number of nitrogens with zero attached hydrogens (tertiary/aromatic N) is 2. The summed E-state index contributed by atoms with van der Waals surface area (Å²) in [5.41, 5.74) is 1.23. The van der Waals surface area contributed by atoms with Gasteiger partial charge in [0.15, 0.2) is 11.5 Å². The molecule has 21 heavy (non-hydrogen) atoms. The normalized spacial score (nSPS) is 12.1. The second-order valence-corrected chi connectivity index (χ2v) is 5.05. The molecular formula is C16H23N3O2. The summed E-state index contributed by atoms with van der Waals surface area (Å²) in [6.45, 7) is 4.03. The molecule has 5 nitrogen and oxygen atoms in total. The predicted molar refractivity (Wildman–Crippen MR) is 82.9 cm³/mol. The molecule has 2 aromatic rings. The number of hydrogen-bond acceptors (Lipinski definition) is 4. The SMILES string of the molecule is COc1ccc(CC(C)NCCn2ccnc2)cc1OC. The Kier molecular flexibility index (Phi) is 5.63. The largest absolute Gasteiger partial charge is 0.493 e. The first-order chi connectivity index (χ1) is 10.2. The molecule has 1 N–H and O–H groups in total. The van der Waals surface area contributed by atoms with Crippen LogP contribution in [-0.2, 0) is 13.0 Å². The highest BCUT2D eigenvalue weighted by Crippen LogP contribution is 2.27. The molecule has 0 aliphatic carbocycles. The second-order valence-electron chi connectivity index (χ2n) is 5.05. The van der Waals surface area contributed by atoms with Gasteiger partial charge in [-0.3, -0.25) is 0 Å². The highest BCUT2D eigenvalue weighted by Gasteiger charge is 2.07. The molecule has 1 atom stereocenters. The maximum absolute atomic E-state index is 5.33. The first-order valence-corrected chi connectivity index (χ1v) is 7.13. The Hall–Kier alpha value is -2.01. The molecule has 1 aromatic heterocycles. The maximum Gasteiger partial charge on any atom is 0.160 e. The van der Waals surface area contributed by atoms with Crippen molar-refractivity contribution >= 4 is 0 Å². The Labute approximate surface area is 125 Å². The van der Waals surface area contributed by atoms with Gasteiger partial charge in [0.25, 0.3) is 0 Å². The summed E-state index contributed by atoms with van der Waals surface area (Å²) >= 11 is 0. The quantitative estimate of drug-likeness (QED) is 0.808. The lowest BCUT2D eigenvalue weighted by molar-refractivity contribution is 0.354. The molecule has 0 aliphatic rings. The van der Waals surface area contributed by atoms with Gasteiger partial charge in [-0.25, -0.2) is 4.98 Å². The van der Waals surface area contributed by atoms with Gasteiger partial charge in [-0.05, 0) is 31.0 Å². The van der Waals surface area contributed by atoms with Crippen LogP contribution in [0.3, 0.4) is 0 Å². The van der Waals surface area contributed by atoms with Crippen LogP contribution in [0.1, 0.15) is 12.5 Å². The third-order valence-corrected chi connectivity index (χ3v) is 3.41. The molecule has 1 heterocycles. The molecule has 0 radical (unpaired) electrons. The van der Waals surface area contributed by atoms with E-state index in [9.17, 15) is 0 Å². The lowest BCUT2D eigenvalue weighted by atomic mass is 10.1. The van der Waals surface area contributed by atoms with Gasteiger partial charge >= 0.3 is 0 Å². The van der Waals surface area contributed by atoms with E-state index in [1.54, 1.807) is 20.4 Å². The van der Waals surface area contributed by atoms with E-state index in [-0.39, 0.29) is 0 Å². The smallest absolute Gasteiger partial charge is 0.160 e. The summed E-state index contributed by atoms with van der Waals surface area (Å²) < 4.78 is 12.7. The minimum absolute atomic E-state index is 0.395. The van der Waals surface area contributed by atoms with Crippen molar-refractivity contribution in [2.24, 2.45) is 0 Å². The van der Waals surface area contributed by atoms with E-state index in [0.29, 0.717) is 6.04 Å². The van der Waals surface area contributed by atoms with Gasteiger partial charge in [0, 0.05) is 31.5 Å². The van der Waals surface area contributed by atoms with E-state index in [4.69, 9.17) is 9.47 Å². The van der Waals surface area contributed by atoms with Crippen molar-refractivity contribution in [2.45, 2.75) is 25.9 Å². The number of imidazole rings is 1. The molecule has 114 valence electrons. The van der Waals surface area contributed by atoms with Crippen molar-refractivity contribution in [2.75, 3.05) is 20.8 Å². The van der Waals surface area contributed by atoms with E-state index in [2.05, 4.69) is 27.9 Å². The van der Waals surface area contributed by atoms with Crippen LogP contribution >= 0.6 is 0 Å². The van der Waals surface area contributed by atoms with E-state index >= 15 is 0 Å². The van der Waals surface area contributed by atoms with Crippen molar-refractivity contribution < 1.29 is 9.47 Å². The van der Waals surface area contributed by atoms with Crippen molar-refractivity contribution in [3.8, 4) is 11.5 Å². The first-order valence-electron chi connectivity index (χ1n) is 7.13. The number of aromatic nitrogens is 2. The van der Waals surface area contributed by atoms with Crippen molar-refractivity contribution in [3.63, 3.8) is 0 Å². The molecule has 0 saturated heterocycles. The van der Waals surface area contributed by atoms with Gasteiger partial charge in [-0.1, -0.05) is 6.07 Å². The zero-order valence-electron chi connectivity index (χ0n) is 12.9. The second kappa shape index (κ2) is 7.69. The molecule has 1 aromatic carbocycles. The standard InChI is InChI=1S/C16H23N3O2/c1-13(18-7-9-19-8-6-17-12-19)10-14-4-5-15(20-2)16(11-14)21-3/h4-6,8,11-13,18H,7,9-10H2,1-3H3. The summed E-state index contributed by atoms with van der Waals surface area (Å²) in [7, 11) is 3.31. The molecule has 0 saturated carbocycles. The van der Waals surface area contributed by atoms with Crippen molar-refractivity contribution in [1.29, 1.82) is 0 Å². The Morgan fingerprint density at radius 2 is 2.05 bits per heavy atom. The van der Waals surface area contributed by atoms with Crippen molar-refractivity contribution in [3.05, 3.63) is 42.5 Å². The number of rotatable bonds is 8. The Bertz CT molecular complexity index is 540. The maximum atomic E-state index is 5.33. The van der Waals surface area contributed by atoms with Crippen LogP contribution in [0.2, 0.25) is 0 Å². The van der Waals surface area contributed by atoms with Crippen molar-refractivity contribution in [1.82, 2.24) is 14.9 Å². The van der Waals surface area contributed by atoms with Gasteiger partial charge in [-0.15, -0.1) is 0 Å². The fourth-order valence-electron chi connectivity index (χ4n) is 2.29. The molecule has 0 bridgehead atoms. The van der Waals surface area contributed by atoms with Gasteiger partial charge in [0.2, 0.25) is 0 Å². The van der Waals surface area contributed by atoms with Crippen LogP contribution in [0.25, 0.3) is 0 Å². The van der Waals surface area contributed by atoms with E-state index < -0.39 is 0 Å². The topological polar surface area (TPSA) is 48.3 Å². The minimum Gasteiger partial charge on any atom is -0.493 e. The minimum atomic E-state index is 0.395. The summed E-state index contributed by atoms with van der Waals surface area (Å²) in [5, 5.41) is 3.51. The van der Waals surface area contributed by atoms with Crippen LogP contribution in [0.5, 0.6) is 11.5 Å². The molecule has 0 aliphatic heterocycles. The van der Waals surface area contributed by atoms with Crippen LogP contribution in [0.4, 0.5) is 0 Å². The Morgan fingerprint density at radius 1 is 1.24 bits per heavy atom. The van der Waals surface area contributed by atoms with Gasteiger partial charge in [0.05, 0.1) is 20.5 Å². The molecular weight excluding hydrogens is 266 g/mol. The number of nitrogens with one attached hydrogen (secondary N) is 1. The summed E-state index contributed by atoms with van der Waals surface area (Å²) in [6.07, 6.45) is 6.55. The third-order valence-electron chi connectivity index (χ3n) is 3.41. The fourth-order valence-corrected chi connectivity index (χ4v) is 2.29. The average Bonchev–Trinajstić information content (AvgIpc) is 3.00. The molecule has 0 spiro atoms. The zero-order valence-corrected chi connectivity index (χ0v) is 12.9. The summed E-state index contributed by atoms with van der Waals surface area (Å²) in [6, 6.07) is 6.46. The van der Waals surface area contributed by atoms with Crippen LogP contribution in [0, 0.1) is 0 Å². The molecule has 2 rings (SSSR count). The number of benzene rings is 1. The van der Waals surface area contributed by atoms with Gasteiger partial charge in [-0.2, -0.15) is 0 Å². The van der Waals surface area contributed by atoms with E-state index in [1.807, 2.05) is 24.7 Å².